The highest BCUT2D eigenvalue weighted by Gasteiger charge is 2.19. The number of hydrogen-bond acceptors (Lipinski definition) is 4. The van der Waals surface area contributed by atoms with Crippen molar-refractivity contribution in [1.82, 2.24) is 4.98 Å². The zero-order valence-corrected chi connectivity index (χ0v) is 14.0. The van der Waals surface area contributed by atoms with Gasteiger partial charge in [-0.1, -0.05) is 12.1 Å². The summed E-state index contributed by atoms with van der Waals surface area (Å²) in [4.78, 5) is 18.2. The van der Waals surface area contributed by atoms with E-state index in [9.17, 15) is 14.3 Å². The first-order valence-electron chi connectivity index (χ1n) is 8.53. The molecule has 0 saturated carbocycles. The molecule has 132 valence electrons. The maximum Gasteiger partial charge on any atom is 0.224 e. The first kappa shape index (κ1) is 17.4. The van der Waals surface area contributed by atoms with Gasteiger partial charge in [0, 0.05) is 25.7 Å². The minimum Gasteiger partial charge on any atom is -0.393 e. The number of aromatic nitrogens is 1. The third-order valence-electron chi connectivity index (χ3n) is 4.39. The largest absolute Gasteiger partial charge is 0.393 e. The van der Waals surface area contributed by atoms with Gasteiger partial charge in [0.2, 0.25) is 5.91 Å². The molecule has 0 spiro atoms. The van der Waals surface area contributed by atoms with Gasteiger partial charge in [-0.2, -0.15) is 0 Å². The van der Waals surface area contributed by atoms with E-state index < -0.39 is 5.82 Å². The lowest BCUT2D eigenvalue weighted by molar-refractivity contribution is -0.116. The molecule has 5 nitrogen and oxygen atoms in total. The Morgan fingerprint density at radius 1 is 1.28 bits per heavy atom. The van der Waals surface area contributed by atoms with Crippen LogP contribution in [-0.2, 0) is 11.2 Å². The number of carbonyl (C=O) groups is 1. The second kappa shape index (κ2) is 8.07. The number of para-hydroxylation sites is 2. The van der Waals surface area contributed by atoms with E-state index in [1.54, 1.807) is 6.20 Å². The molecule has 0 bridgehead atoms. The Labute approximate surface area is 146 Å². The number of aryl methyl sites for hydroxylation is 1. The molecule has 0 aliphatic carbocycles. The molecule has 2 N–H and O–H groups in total. The van der Waals surface area contributed by atoms with E-state index in [1.165, 1.54) is 6.07 Å². The van der Waals surface area contributed by atoms with Crippen LogP contribution in [0.1, 0.15) is 24.8 Å². The summed E-state index contributed by atoms with van der Waals surface area (Å²) in [5.41, 5.74) is 2.44. The van der Waals surface area contributed by atoms with Crippen molar-refractivity contribution in [3.05, 3.63) is 54.1 Å². The van der Waals surface area contributed by atoms with Gasteiger partial charge in [0.1, 0.15) is 5.82 Å². The summed E-state index contributed by atoms with van der Waals surface area (Å²) in [6.45, 7) is 1.53. The Morgan fingerprint density at radius 3 is 2.80 bits per heavy atom. The second-order valence-electron chi connectivity index (χ2n) is 6.29. The van der Waals surface area contributed by atoms with Crippen LogP contribution in [0, 0.1) is 5.82 Å². The summed E-state index contributed by atoms with van der Waals surface area (Å²) in [6, 6.07) is 9.07. The maximum atomic E-state index is 13.1. The van der Waals surface area contributed by atoms with E-state index >= 15 is 0 Å². The smallest absolute Gasteiger partial charge is 0.224 e. The normalized spacial score (nSPS) is 15.2. The fourth-order valence-corrected chi connectivity index (χ4v) is 3.03. The average molecular weight is 343 g/mol. The number of nitrogens with one attached hydrogen (secondary N) is 1. The highest BCUT2D eigenvalue weighted by molar-refractivity contribution is 5.94. The zero-order valence-electron chi connectivity index (χ0n) is 14.0. The van der Waals surface area contributed by atoms with Crippen LogP contribution in [0.5, 0.6) is 0 Å². The van der Waals surface area contributed by atoms with E-state index in [2.05, 4.69) is 15.2 Å². The number of hydrogen-bond donors (Lipinski definition) is 2. The van der Waals surface area contributed by atoms with Crippen molar-refractivity contribution in [3.8, 4) is 0 Å². The number of rotatable bonds is 5. The van der Waals surface area contributed by atoms with Gasteiger partial charge in [-0.15, -0.1) is 0 Å². The van der Waals surface area contributed by atoms with Crippen LogP contribution in [0.2, 0.25) is 0 Å². The number of piperidine rings is 1. The lowest BCUT2D eigenvalue weighted by Gasteiger charge is -2.32. The molecule has 1 saturated heterocycles. The molecular weight excluding hydrogens is 321 g/mol. The summed E-state index contributed by atoms with van der Waals surface area (Å²) in [6.07, 6.45) is 4.65. The zero-order chi connectivity index (χ0) is 17.6. The fraction of sp³-hybridized carbons (Fsp3) is 0.368. The van der Waals surface area contributed by atoms with Gasteiger partial charge >= 0.3 is 0 Å². The Bertz CT molecular complexity index is 730. The number of aliphatic hydroxyl groups excluding tert-OH is 1. The Hall–Kier alpha value is -2.47. The molecule has 1 aliphatic heterocycles. The molecule has 6 heteroatoms. The van der Waals surface area contributed by atoms with E-state index in [0.29, 0.717) is 12.0 Å². The molecule has 2 heterocycles. The average Bonchev–Trinajstić information content (AvgIpc) is 2.61. The van der Waals surface area contributed by atoms with Crippen molar-refractivity contribution in [2.75, 3.05) is 23.3 Å². The van der Waals surface area contributed by atoms with Crippen LogP contribution in [0.3, 0.4) is 0 Å². The minimum absolute atomic E-state index is 0.117. The van der Waals surface area contributed by atoms with Crippen LogP contribution in [0.15, 0.2) is 42.7 Å². The maximum absolute atomic E-state index is 13.1. The molecule has 0 radical (unpaired) electrons. The van der Waals surface area contributed by atoms with Crippen molar-refractivity contribution in [2.24, 2.45) is 0 Å². The van der Waals surface area contributed by atoms with Gasteiger partial charge in [0.25, 0.3) is 0 Å². The quantitative estimate of drug-likeness (QED) is 0.876. The number of benzene rings is 1. The van der Waals surface area contributed by atoms with E-state index in [1.807, 2.05) is 24.3 Å². The van der Waals surface area contributed by atoms with Crippen molar-refractivity contribution in [3.63, 3.8) is 0 Å². The van der Waals surface area contributed by atoms with Crippen LogP contribution in [-0.4, -0.2) is 35.2 Å². The third kappa shape index (κ3) is 4.76. The molecule has 1 fully saturated rings. The van der Waals surface area contributed by atoms with Crippen molar-refractivity contribution in [1.29, 1.82) is 0 Å². The Balaban J connectivity index is 1.61. The number of carbonyl (C=O) groups excluding carboxylic acids is 1. The molecule has 0 atom stereocenters. The van der Waals surface area contributed by atoms with Gasteiger partial charge in [-0.3, -0.25) is 9.78 Å². The van der Waals surface area contributed by atoms with Crippen LogP contribution < -0.4 is 10.2 Å². The molecule has 1 aromatic carbocycles. The van der Waals surface area contributed by atoms with Gasteiger partial charge in [0.05, 0.1) is 23.7 Å². The van der Waals surface area contributed by atoms with Crippen molar-refractivity contribution in [2.45, 2.75) is 31.8 Å². The van der Waals surface area contributed by atoms with E-state index in [4.69, 9.17) is 0 Å². The van der Waals surface area contributed by atoms with Crippen LogP contribution >= 0.6 is 0 Å². The van der Waals surface area contributed by atoms with E-state index in [0.717, 1.165) is 43.5 Å². The molecule has 1 aromatic heterocycles. The summed E-state index contributed by atoms with van der Waals surface area (Å²) in [7, 11) is 0. The number of aliphatic hydroxyl groups is 1. The molecule has 1 amide bonds. The number of halogens is 1. The molecule has 25 heavy (non-hydrogen) atoms. The monoisotopic (exact) mass is 343 g/mol. The number of anilines is 2. The highest BCUT2D eigenvalue weighted by Crippen LogP contribution is 2.28. The lowest BCUT2D eigenvalue weighted by atomic mass is 10.1. The molecule has 0 unspecified atom stereocenters. The first-order chi connectivity index (χ1) is 12.1. The Morgan fingerprint density at radius 2 is 2.04 bits per heavy atom. The van der Waals surface area contributed by atoms with Crippen molar-refractivity contribution < 1.29 is 14.3 Å². The summed E-state index contributed by atoms with van der Waals surface area (Å²) in [5, 5.41) is 12.6. The Kier molecular flexibility index (Phi) is 5.60. The van der Waals surface area contributed by atoms with Gasteiger partial charge in [-0.05, 0) is 43.0 Å². The third-order valence-corrected chi connectivity index (χ3v) is 4.39. The standard InChI is InChI=1S/C19H22FN3O2/c20-15-11-14(12-21-13-15)5-6-19(25)22-17-3-1-2-4-18(17)23-9-7-16(24)8-10-23/h1-4,11-13,16,24H,5-10H2,(H,22,25). The summed E-state index contributed by atoms with van der Waals surface area (Å²) >= 11 is 0. The van der Waals surface area contributed by atoms with Gasteiger partial charge in [-0.25, -0.2) is 4.39 Å². The summed E-state index contributed by atoms with van der Waals surface area (Å²) < 4.78 is 13.1. The van der Waals surface area contributed by atoms with E-state index in [-0.39, 0.29) is 18.4 Å². The summed E-state index contributed by atoms with van der Waals surface area (Å²) in [5.74, 6) is -0.510. The SMILES string of the molecule is O=C(CCc1cncc(F)c1)Nc1ccccc1N1CCC(O)CC1. The van der Waals surface area contributed by atoms with Crippen LogP contribution in [0.25, 0.3) is 0 Å². The number of pyridine rings is 1. The molecular formula is C19H22FN3O2. The topological polar surface area (TPSA) is 65.5 Å². The number of nitrogens with zero attached hydrogens (tertiary/aromatic N) is 2. The number of amides is 1. The van der Waals surface area contributed by atoms with Gasteiger partial charge in [0.15, 0.2) is 0 Å². The molecule has 3 rings (SSSR count). The van der Waals surface area contributed by atoms with Crippen LogP contribution in [0.4, 0.5) is 15.8 Å². The second-order valence-corrected chi connectivity index (χ2v) is 6.29. The lowest BCUT2D eigenvalue weighted by Crippen LogP contribution is -2.36. The minimum atomic E-state index is -0.393. The fourth-order valence-electron chi connectivity index (χ4n) is 3.03. The predicted octanol–water partition coefficient (Wildman–Crippen LogP) is 2.75. The first-order valence-corrected chi connectivity index (χ1v) is 8.53. The predicted molar refractivity (Wildman–Crippen MR) is 95.0 cm³/mol. The highest BCUT2D eigenvalue weighted by atomic mass is 19.1. The molecule has 1 aliphatic rings. The van der Waals surface area contributed by atoms with Gasteiger partial charge < -0.3 is 15.3 Å². The van der Waals surface area contributed by atoms with Crippen molar-refractivity contribution >= 4 is 17.3 Å². The molecule has 2 aromatic rings.